The molecular formula is C70H53N. The predicted octanol–water partition coefficient (Wildman–Crippen LogP) is 18.3. The number of benzene rings is 10. The zero-order valence-electron chi connectivity index (χ0n) is 40.1. The summed E-state index contributed by atoms with van der Waals surface area (Å²) < 4.78 is 0. The zero-order valence-corrected chi connectivity index (χ0v) is 40.1. The molecule has 3 aliphatic carbocycles. The van der Waals surface area contributed by atoms with Gasteiger partial charge < -0.3 is 4.90 Å². The third-order valence-electron chi connectivity index (χ3n) is 15.8. The van der Waals surface area contributed by atoms with Crippen molar-refractivity contribution in [2.75, 3.05) is 4.90 Å². The summed E-state index contributed by atoms with van der Waals surface area (Å²) >= 11 is 0. The van der Waals surface area contributed by atoms with Crippen LogP contribution in [0.25, 0.3) is 55.6 Å². The van der Waals surface area contributed by atoms with Gasteiger partial charge in [-0.15, -0.1) is 0 Å². The number of hydrogen-bond donors (Lipinski definition) is 0. The summed E-state index contributed by atoms with van der Waals surface area (Å²) in [7, 11) is 0. The normalized spacial score (nSPS) is 17.8. The second-order valence-corrected chi connectivity index (χ2v) is 20.0. The van der Waals surface area contributed by atoms with Crippen molar-refractivity contribution >= 4 is 17.1 Å². The molecule has 71 heavy (non-hydrogen) atoms. The van der Waals surface area contributed by atoms with Gasteiger partial charge >= 0.3 is 0 Å². The molecule has 0 spiro atoms. The van der Waals surface area contributed by atoms with E-state index in [1.807, 2.05) is 0 Å². The monoisotopic (exact) mass is 907 g/mol. The summed E-state index contributed by atoms with van der Waals surface area (Å²) in [4.78, 5) is 2.50. The van der Waals surface area contributed by atoms with Gasteiger partial charge in [-0.25, -0.2) is 0 Å². The molecule has 0 bridgehead atoms. The fourth-order valence-corrected chi connectivity index (χ4v) is 12.4. The van der Waals surface area contributed by atoms with E-state index in [1.165, 1.54) is 89.0 Å². The van der Waals surface area contributed by atoms with Crippen molar-refractivity contribution in [3.05, 3.63) is 306 Å². The van der Waals surface area contributed by atoms with Crippen molar-refractivity contribution in [3.63, 3.8) is 0 Å². The second-order valence-electron chi connectivity index (χ2n) is 20.0. The molecule has 0 saturated carbocycles. The molecule has 13 rings (SSSR count). The van der Waals surface area contributed by atoms with Crippen LogP contribution in [0.2, 0.25) is 0 Å². The minimum atomic E-state index is -0.700. The van der Waals surface area contributed by atoms with Gasteiger partial charge in [0.25, 0.3) is 0 Å². The van der Waals surface area contributed by atoms with Crippen molar-refractivity contribution in [1.29, 1.82) is 0 Å². The number of nitrogens with zero attached hydrogens (tertiary/aromatic N) is 1. The average Bonchev–Trinajstić information content (AvgIpc) is 3.87. The smallest absolute Gasteiger partial charge is 0.0720 e. The van der Waals surface area contributed by atoms with Crippen LogP contribution >= 0.6 is 0 Å². The van der Waals surface area contributed by atoms with Crippen molar-refractivity contribution in [3.8, 4) is 55.6 Å². The summed E-state index contributed by atoms with van der Waals surface area (Å²) in [5.74, 6) is 0.782. The highest BCUT2D eigenvalue weighted by Crippen LogP contribution is 2.61. The molecule has 0 aromatic heterocycles. The van der Waals surface area contributed by atoms with Gasteiger partial charge in [0.1, 0.15) is 0 Å². The molecule has 0 radical (unpaired) electrons. The molecule has 338 valence electrons. The molecule has 1 heteroatoms. The van der Waals surface area contributed by atoms with E-state index >= 15 is 0 Å². The molecule has 0 fully saturated rings. The first kappa shape index (κ1) is 42.6. The standard InChI is InChI=1S/C70H53N/c1-69(2)65-31-19-18-30-60(65)61-42-40-58(46-66(61)69)71(57-38-34-52(35-39-57)49-22-10-4-11-23-49)59-41-43-62-64-45-54(50-24-12-5-13-25-50)44-63(53-26-14-6-15-27-53)68(64)70(67(62)47-59,55-28-16-7-17-29-55)56-36-32-51(33-37-56)48-20-8-3-9-21-48/h3-47,60,65H,1-2H3. The lowest BCUT2D eigenvalue weighted by atomic mass is 9.65. The first-order chi connectivity index (χ1) is 35.0. The third-order valence-corrected chi connectivity index (χ3v) is 15.8. The largest absolute Gasteiger partial charge is 0.310 e. The van der Waals surface area contributed by atoms with E-state index in [-0.39, 0.29) is 5.41 Å². The van der Waals surface area contributed by atoms with E-state index in [1.54, 1.807) is 0 Å². The van der Waals surface area contributed by atoms with Crippen LogP contribution in [0.15, 0.2) is 273 Å². The Morgan fingerprint density at radius 2 is 0.789 bits per heavy atom. The van der Waals surface area contributed by atoms with Crippen LogP contribution < -0.4 is 4.90 Å². The molecule has 0 saturated heterocycles. The molecule has 3 unspecified atom stereocenters. The lowest BCUT2D eigenvalue weighted by Crippen LogP contribution is -2.29. The number of anilines is 3. The van der Waals surface area contributed by atoms with Gasteiger partial charge in [0.05, 0.1) is 5.41 Å². The van der Waals surface area contributed by atoms with Crippen LogP contribution in [0.3, 0.4) is 0 Å². The van der Waals surface area contributed by atoms with E-state index < -0.39 is 5.41 Å². The molecule has 3 atom stereocenters. The van der Waals surface area contributed by atoms with Gasteiger partial charge in [0.2, 0.25) is 0 Å². The fraction of sp³-hybridized carbons (Fsp3) is 0.0857. The van der Waals surface area contributed by atoms with E-state index in [2.05, 4.69) is 292 Å². The highest BCUT2D eigenvalue weighted by atomic mass is 15.1. The van der Waals surface area contributed by atoms with Crippen molar-refractivity contribution in [2.24, 2.45) is 5.92 Å². The fourth-order valence-electron chi connectivity index (χ4n) is 12.4. The lowest BCUT2D eigenvalue weighted by molar-refractivity contribution is 0.394. The number of rotatable bonds is 9. The van der Waals surface area contributed by atoms with Crippen LogP contribution in [0.1, 0.15) is 53.1 Å². The second kappa shape index (κ2) is 17.2. The van der Waals surface area contributed by atoms with E-state index in [0.29, 0.717) is 11.8 Å². The summed E-state index contributed by atoms with van der Waals surface area (Å²) in [6.07, 6.45) is 9.28. The maximum absolute atomic E-state index is 2.53. The quantitative estimate of drug-likeness (QED) is 0.139. The summed E-state index contributed by atoms with van der Waals surface area (Å²) in [6, 6.07) is 92.8. The lowest BCUT2D eigenvalue weighted by Gasteiger charge is -2.36. The van der Waals surface area contributed by atoms with Gasteiger partial charge in [-0.1, -0.05) is 238 Å². The molecule has 0 heterocycles. The van der Waals surface area contributed by atoms with Gasteiger partial charge in [-0.2, -0.15) is 0 Å². The predicted molar refractivity (Wildman–Crippen MR) is 298 cm³/mol. The molecule has 0 N–H and O–H groups in total. The Kier molecular flexibility index (Phi) is 10.3. The molecule has 3 aliphatic rings. The third kappa shape index (κ3) is 6.98. The van der Waals surface area contributed by atoms with Crippen LogP contribution in [-0.2, 0) is 10.8 Å². The van der Waals surface area contributed by atoms with Crippen LogP contribution in [0.5, 0.6) is 0 Å². The average molecular weight is 908 g/mol. The van der Waals surface area contributed by atoms with Gasteiger partial charge in [-0.05, 0) is 149 Å². The first-order valence-corrected chi connectivity index (χ1v) is 25.1. The van der Waals surface area contributed by atoms with E-state index in [0.717, 1.165) is 17.1 Å². The van der Waals surface area contributed by atoms with Crippen molar-refractivity contribution < 1.29 is 0 Å². The van der Waals surface area contributed by atoms with Crippen LogP contribution in [0.4, 0.5) is 17.1 Å². The van der Waals surface area contributed by atoms with Gasteiger partial charge in [-0.3, -0.25) is 0 Å². The molecule has 10 aromatic rings. The Hall–Kier alpha value is -8.52. The highest BCUT2D eigenvalue weighted by Gasteiger charge is 2.49. The highest BCUT2D eigenvalue weighted by molar-refractivity contribution is 5.97. The zero-order chi connectivity index (χ0) is 47.5. The van der Waals surface area contributed by atoms with Crippen molar-refractivity contribution in [1.82, 2.24) is 0 Å². The Morgan fingerprint density at radius 1 is 0.338 bits per heavy atom. The number of hydrogen-bond acceptors (Lipinski definition) is 1. The maximum Gasteiger partial charge on any atom is 0.0720 e. The van der Waals surface area contributed by atoms with Crippen molar-refractivity contribution in [2.45, 2.75) is 30.6 Å². The Balaban J connectivity index is 1.09. The van der Waals surface area contributed by atoms with Crippen LogP contribution in [0, 0.1) is 5.92 Å². The SMILES string of the molecule is CC1(C)c2cc(N(c3ccc(-c4ccccc4)cc3)c3ccc4c(c3)C(c3ccccc3)(c3ccc(-c5ccccc5)cc3)c3c(-c5ccccc5)cc(-c5ccccc5)cc3-4)ccc2C2C=CC=CC21. The maximum atomic E-state index is 2.53. The molecule has 1 nitrogen and oxygen atoms in total. The Bertz CT molecular complexity index is 3630. The first-order valence-electron chi connectivity index (χ1n) is 25.1. The molecular weight excluding hydrogens is 855 g/mol. The Morgan fingerprint density at radius 3 is 1.39 bits per heavy atom. The molecule has 0 amide bonds. The number of allylic oxidation sites excluding steroid dienone is 4. The summed E-state index contributed by atoms with van der Waals surface area (Å²) in [5, 5.41) is 0. The summed E-state index contributed by atoms with van der Waals surface area (Å²) in [6.45, 7) is 4.86. The molecule has 0 aliphatic heterocycles. The topological polar surface area (TPSA) is 3.24 Å². The summed E-state index contributed by atoms with van der Waals surface area (Å²) in [5.41, 5.74) is 22.6. The number of fused-ring (bicyclic) bond motifs is 6. The minimum absolute atomic E-state index is 0.0433. The van der Waals surface area contributed by atoms with Gasteiger partial charge in [0, 0.05) is 23.0 Å². The molecule has 10 aromatic carbocycles. The minimum Gasteiger partial charge on any atom is -0.310 e. The van der Waals surface area contributed by atoms with Crippen LogP contribution in [-0.4, -0.2) is 0 Å². The van der Waals surface area contributed by atoms with E-state index in [4.69, 9.17) is 0 Å². The Labute approximate surface area is 418 Å². The van der Waals surface area contributed by atoms with E-state index in [9.17, 15) is 0 Å². The van der Waals surface area contributed by atoms with Gasteiger partial charge in [0.15, 0.2) is 0 Å².